The minimum Gasteiger partial charge on any atom is -0.293 e. The number of hydrogen-bond acceptors (Lipinski definition) is 3. The first-order chi connectivity index (χ1) is 12.7. The van der Waals surface area contributed by atoms with Gasteiger partial charge in [0.05, 0.1) is 13.1 Å². The summed E-state index contributed by atoms with van der Waals surface area (Å²) >= 11 is 0. The molecule has 0 saturated carbocycles. The third-order valence-corrected chi connectivity index (χ3v) is 4.17. The topological polar surface area (TPSA) is 37.4 Å². The zero-order valence-corrected chi connectivity index (χ0v) is 16.7. The summed E-state index contributed by atoms with van der Waals surface area (Å²) in [5, 5.41) is 0. The molecule has 0 saturated heterocycles. The van der Waals surface area contributed by atoms with Gasteiger partial charge in [-0.3, -0.25) is 14.5 Å². The highest BCUT2D eigenvalue weighted by atomic mass is 79.9. The molecule has 0 amide bonds. The Labute approximate surface area is 170 Å². The van der Waals surface area contributed by atoms with E-state index in [1.54, 1.807) is 0 Å². The van der Waals surface area contributed by atoms with Crippen LogP contribution in [0.4, 0.5) is 0 Å². The Morgan fingerprint density at radius 1 is 0.593 bits per heavy atom. The monoisotopic (exact) mass is 423 g/mol. The van der Waals surface area contributed by atoms with Gasteiger partial charge in [-0.2, -0.15) is 0 Å². The minimum atomic E-state index is 0. The fourth-order valence-electron chi connectivity index (χ4n) is 2.85. The molecule has 3 aromatic carbocycles. The molecule has 0 radical (unpaired) electrons. The second-order valence-corrected chi connectivity index (χ2v) is 6.21. The number of benzene rings is 3. The number of halogens is 1. The van der Waals surface area contributed by atoms with Crippen LogP contribution in [0.5, 0.6) is 0 Å². The third kappa shape index (κ3) is 6.27. The molecule has 0 bridgehead atoms. The molecule has 0 aliphatic carbocycles. The van der Waals surface area contributed by atoms with Crippen LogP contribution >= 0.6 is 17.0 Å². The van der Waals surface area contributed by atoms with Crippen LogP contribution < -0.4 is 0 Å². The second-order valence-electron chi connectivity index (χ2n) is 6.21. The lowest BCUT2D eigenvalue weighted by atomic mass is 10.1. The van der Waals surface area contributed by atoms with Crippen molar-refractivity contribution in [1.82, 2.24) is 4.90 Å². The molecule has 0 fully saturated rings. The number of hydrogen-bond donors (Lipinski definition) is 0. The quantitative estimate of drug-likeness (QED) is 0.486. The largest absolute Gasteiger partial charge is 0.293 e. The van der Waals surface area contributed by atoms with Crippen LogP contribution in [-0.2, 0) is 6.54 Å². The van der Waals surface area contributed by atoms with E-state index in [0.717, 1.165) is 5.56 Å². The van der Waals surface area contributed by atoms with Gasteiger partial charge < -0.3 is 0 Å². The van der Waals surface area contributed by atoms with Crippen LogP contribution in [0.3, 0.4) is 0 Å². The Kier molecular flexibility index (Phi) is 8.11. The Balaban J connectivity index is 0.00000261. The van der Waals surface area contributed by atoms with E-state index >= 15 is 0 Å². The normalized spacial score (nSPS) is 10.3. The average Bonchev–Trinajstić information content (AvgIpc) is 2.70. The number of carbonyl (C=O) groups excluding carboxylic acids is 2. The van der Waals surface area contributed by atoms with Crippen molar-refractivity contribution >= 4 is 28.5 Å². The van der Waals surface area contributed by atoms with Crippen molar-refractivity contribution in [3.8, 4) is 0 Å². The molecule has 27 heavy (non-hydrogen) atoms. The first-order valence-corrected chi connectivity index (χ1v) is 8.65. The van der Waals surface area contributed by atoms with E-state index in [2.05, 4.69) is 0 Å². The summed E-state index contributed by atoms with van der Waals surface area (Å²) in [4.78, 5) is 27.1. The van der Waals surface area contributed by atoms with E-state index in [4.69, 9.17) is 0 Å². The molecule has 3 rings (SSSR count). The first kappa shape index (κ1) is 20.7. The summed E-state index contributed by atoms with van der Waals surface area (Å²) in [5.41, 5.74) is 2.41. The predicted molar refractivity (Wildman–Crippen MR) is 114 cm³/mol. The van der Waals surface area contributed by atoms with Gasteiger partial charge in [-0.25, -0.2) is 0 Å². The number of rotatable bonds is 8. The van der Waals surface area contributed by atoms with Gasteiger partial charge in [0, 0.05) is 17.7 Å². The van der Waals surface area contributed by atoms with Crippen molar-refractivity contribution in [2.75, 3.05) is 13.1 Å². The molecule has 0 aromatic heterocycles. The molecule has 3 nitrogen and oxygen atoms in total. The number of nitrogens with zero attached hydrogens (tertiary/aromatic N) is 1. The highest BCUT2D eigenvalue weighted by molar-refractivity contribution is 8.93. The average molecular weight is 424 g/mol. The van der Waals surface area contributed by atoms with Gasteiger partial charge in [-0.05, 0) is 5.56 Å². The van der Waals surface area contributed by atoms with Crippen LogP contribution in [0.25, 0.3) is 0 Å². The van der Waals surface area contributed by atoms with Gasteiger partial charge in [-0.15, -0.1) is 17.0 Å². The zero-order valence-electron chi connectivity index (χ0n) is 15.0. The summed E-state index contributed by atoms with van der Waals surface area (Å²) in [6.07, 6.45) is 0. The molecule has 0 unspecified atom stereocenters. The molecule has 3 aromatic rings. The fourth-order valence-corrected chi connectivity index (χ4v) is 2.85. The van der Waals surface area contributed by atoms with Crippen LogP contribution in [0.1, 0.15) is 26.3 Å². The maximum Gasteiger partial charge on any atom is 0.176 e. The van der Waals surface area contributed by atoms with E-state index in [1.807, 2.05) is 95.9 Å². The van der Waals surface area contributed by atoms with Gasteiger partial charge in [0.1, 0.15) is 0 Å². The molecule has 0 heterocycles. The van der Waals surface area contributed by atoms with E-state index in [-0.39, 0.29) is 41.6 Å². The highest BCUT2D eigenvalue weighted by Gasteiger charge is 2.17. The number of carbonyl (C=O) groups is 2. The van der Waals surface area contributed by atoms with Crippen molar-refractivity contribution in [1.29, 1.82) is 0 Å². The van der Waals surface area contributed by atoms with Crippen LogP contribution in [-0.4, -0.2) is 29.6 Å². The zero-order chi connectivity index (χ0) is 18.2. The first-order valence-electron chi connectivity index (χ1n) is 8.65. The number of ketones is 2. The third-order valence-electron chi connectivity index (χ3n) is 4.17. The van der Waals surface area contributed by atoms with E-state index in [9.17, 15) is 9.59 Å². The Morgan fingerprint density at radius 3 is 1.37 bits per heavy atom. The van der Waals surface area contributed by atoms with E-state index in [0.29, 0.717) is 17.7 Å². The summed E-state index contributed by atoms with van der Waals surface area (Å²) in [7, 11) is 0. The highest BCUT2D eigenvalue weighted by Crippen LogP contribution is 2.10. The Bertz CT molecular complexity index is 798. The second kappa shape index (κ2) is 10.6. The van der Waals surface area contributed by atoms with Gasteiger partial charge in [-0.1, -0.05) is 91.0 Å². The lowest BCUT2D eigenvalue weighted by molar-refractivity contribution is 0.0864. The van der Waals surface area contributed by atoms with Crippen molar-refractivity contribution in [3.63, 3.8) is 0 Å². The van der Waals surface area contributed by atoms with Gasteiger partial charge in [0.2, 0.25) is 0 Å². The fraction of sp³-hybridized carbons (Fsp3) is 0.130. The van der Waals surface area contributed by atoms with Crippen molar-refractivity contribution in [2.45, 2.75) is 6.54 Å². The van der Waals surface area contributed by atoms with Crippen LogP contribution in [0.2, 0.25) is 0 Å². The number of Topliss-reactive ketones (excluding diaryl/α,β-unsaturated/α-hetero) is 2. The minimum absolute atomic E-state index is 0. The molecule has 0 N–H and O–H groups in total. The summed E-state index contributed by atoms with van der Waals surface area (Å²) in [6, 6.07) is 28.3. The smallest absolute Gasteiger partial charge is 0.176 e. The molecule has 0 atom stereocenters. The van der Waals surface area contributed by atoms with Gasteiger partial charge >= 0.3 is 0 Å². The van der Waals surface area contributed by atoms with Crippen molar-refractivity contribution in [3.05, 3.63) is 108 Å². The lowest BCUT2D eigenvalue weighted by Crippen LogP contribution is -2.34. The predicted octanol–water partition coefficient (Wildman–Crippen LogP) is 4.83. The van der Waals surface area contributed by atoms with Crippen LogP contribution in [0, 0.1) is 0 Å². The Morgan fingerprint density at radius 2 is 0.963 bits per heavy atom. The van der Waals surface area contributed by atoms with E-state index in [1.165, 1.54) is 0 Å². The Hall–Kier alpha value is -2.56. The summed E-state index contributed by atoms with van der Waals surface area (Å²) in [6.45, 7) is 0.965. The summed E-state index contributed by atoms with van der Waals surface area (Å²) in [5.74, 6) is 0.0322. The van der Waals surface area contributed by atoms with Crippen molar-refractivity contribution < 1.29 is 9.59 Å². The van der Waals surface area contributed by atoms with Gasteiger partial charge in [0.25, 0.3) is 0 Å². The SMILES string of the molecule is Br.O=C(CN(CC(=O)c1ccccc1)Cc1ccccc1)c1ccccc1. The molecule has 0 spiro atoms. The molecule has 0 aliphatic heterocycles. The lowest BCUT2D eigenvalue weighted by Gasteiger charge is -2.21. The van der Waals surface area contributed by atoms with E-state index < -0.39 is 0 Å². The molecule has 0 aliphatic rings. The van der Waals surface area contributed by atoms with Gasteiger partial charge in [0.15, 0.2) is 11.6 Å². The van der Waals surface area contributed by atoms with Crippen LogP contribution in [0.15, 0.2) is 91.0 Å². The van der Waals surface area contributed by atoms with Crippen molar-refractivity contribution in [2.24, 2.45) is 0 Å². The maximum absolute atomic E-state index is 12.6. The molecular formula is C23H22BrNO2. The molecular weight excluding hydrogens is 402 g/mol. The molecule has 4 heteroatoms. The standard InChI is InChI=1S/C23H21NO2.BrH/c25-22(20-12-6-2-7-13-20)17-24(16-19-10-4-1-5-11-19)18-23(26)21-14-8-3-9-15-21;/h1-15H,16-18H2;1H. The maximum atomic E-state index is 12.6. The molecule has 138 valence electrons. The summed E-state index contributed by atoms with van der Waals surface area (Å²) < 4.78 is 0.